The Labute approximate surface area is 124 Å². The number of benzene rings is 1. The molecule has 0 bridgehead atoms. The average molecular weight is 312 g/mol. The van der Waals surface area contributed by atoms with Gasteiger partial charge in [0.2, 0.25) is 0 Å². The molecule has 1 amide bonds. The lowest BCUT2D eigenvalue weighted by molar-refractivity contribution is -0.123. The maximum absolute atomic E-state index is 11.8. The molecule has 0 aliphatic carbocycles. The predicted octanol–water partition coefficient (Wildman–Crippen LogP) is 0.0881. The first kappa shape index (κ1) is 15.8. The van der Waals surface area contributed by atoms with Crippen molar-refractivity contribution < 1.29 is 17.9 Å². The second-order valence-electron chi connectivity index (χ2n) is 5.09. The predicted molar refractivity (Wildman–Crippen MR) is 79.9 cm³/mol. The minimum atomic E-state index is -2.99. The molecule has 116 valence electrons. The molecule has 2 N–H and O–H groups in total. The lowest BCUT2D eigenvalue weighted by Gasteiger charge is -2.13. The molecule has 21 heavy (non-hydrogen) atoms. The van der Waals surface area contributed by atoms with Gasteiger partial charge in [0.05, 0.1) is 11.5 Å². The molecule has 0 radical (unpaired) electrons. The average Bonchev–Trinajstić information content (AvgIpc) is 2.77. The molecule has 7 heteroatoms. The van der Waals surface area contributed by atoms with Crippen molar-refractivity contribution in [2.75, 3.05) is 25.2 Å². The van der Waals surface area contributed by atoms with Gasteiger partial charge in [0.15, 0.2) is 16.4 Å². The monoisotopic (exact) mass is 312 g/mol. The van der Waals surface area contributed by atoms with Gasteiger partial charge in [0.25, 0.3) is 5.91 Å². The van der Waals surface area contributed by atoms with E-state index in [4.69, 9.17) is 4.74 Å². The molecule has 1 unspecified atom stereocenters. The van der Waals surface area contributed by atoms with Gasteiger partial charge in [-0.25, -0.2) is 8.42 Å². The molecular weight excluding hydrogens is 292 g/mol. The van der Waals surface area contributed by atoms with Crippen molar-refractivity contribution in [2.45, 2.75) is 19.0 Å². The van der Waals surface area contributed by atoms with Crippen molar-refractivity contribution in [1.29, 1.82) is 0 Å². The number of rotatable bonds is 6. The number of carbonyl (C=O) groups is 1. The van der Waals surface area contributed by atoms with E-state index in [0.717, 1.165) is 5.56 Å². The van der Waals surface area contributed by atoms with Gasteiger partial charge < -0.3 is 15.4 Å². The van der Waals surface area contributed by atoms with E-state index in [1.165, 1.54) is 0 Å². The fourth-order valence-corrected chi connectivity index (χ4v) is 3.98. The highest BCUT2D eigenvalue weighted by molar-refractivity contribution is 7.91. The summed E-state index contributed by atoms with van der Waals surface area (Å²) in [5.74, 6) is 0.524. The fraction of sp³-hybridized carbons (Fsp3) is 0.500. The van der Waals surface area contributed by atoms with Crippen LogP contribution in [0, 0.1) is 0 Å². The molecule has 1 aliphatic rings. The maximum Gasteiger partial charge on any atom is 0.258 e. The van der Waals surface area contributed by atoms with E-state index in [1.54, 1.807) is 6.07 Å². The molecule has 2 rings (SSSR count). The lowest BCUT2D eigenvalue weighted by Crippen LogP contribution is -2.38. The van der Waals surface area contributed by atoms with E-state index >= 15 is 0 Å². The topological polar surface area (TPSA) is 84.5 Å². The van der Waals surface area contributed by atoms with Gasteiger partial charge in [-0.15, -0.1) is 0 Å². The van der Waals surface area contributed by atoms with E-state index in [1.807, 2.05) is 25.2 Å². The van der Waals surface area contributed by atoms with E-state index in [2.05, 4.69) is 10.6 Å². The van der Waals surface area contributed by atoms with Crippen LogP contribution < -0.4 is 15.4 Å². The van der Waals surface area contributed by atoms with Gasteiger partial charge in [-0.3, -0.25) is 4.79 Å². The van der Waals surface area contributed by atoms with Crippen LogP contribution in [0.5, 0.6) is 5.75 Å². The molecule has 1 fully saturated rings. The Kier molecular flexibility index (Phi) is 5.19. The second kappa shape index (κ2) is 6.91. The lowest BCUT2D eigenvalue weighted by atomic mass is 10.2. The molecule has 0 saturated carbocycles. The van der Waals surface area contributed by atoms with E-state index in [-0.39, 0.29) is 30.1 Å². The molecular formula is C14H20N2O4S. The summed E-state index contributed by atoms with van der Waals surface area (Å²) in [7, 11) is -1.15. The summed E-state index contributed by atoms with van der Waals surface area (Å²) < 4.78 is 28.2. The number of hydrogen-bond acceptors (Lipinski definition) is 5. The van der Waals surface area contributed by atoms with Crippen LogP contribution in [0.3, 0.4) is 0 Å². The largest absolute Gasteiger partial charge is 0.483 e. The molecule has 0 spiro atoms. The van der Waals surface area contributed by atoms with Gasteiger partial charge in [-0.1, -0.05) is 18.2 Å². The standard InChI is InChI=1S/C14H20N2O4S/c1-15-8-11-4-2-3-5-13(11)20-9-14(17)16-12-6-7-21(18,19)10-12/h2-5,12,15H,6-10H2,1H3,(H,16,17). The van der Waals surface area contributed by atoms with Crippen molar-refractivity contribution >= 4 is 15.7 Å². The van der Waals surface area contributed by atoms with Crippen LogP contribution in [-0.4, -0.2) is 45.5 Å². The van der Waals surface area contributed by atoms with Crippen LogP contribution in [-0.2, 0) is 21.2 Å². The zero-order valence-corrected chi connectivity index (χ0v) is 12.8. The third-order valence-electron chi connectivity index (χ3n) is 3.30. The van der Waals surface area contributed by atoms with Crippen molar-refractivity contribution in [1.82, 2.24) is 10.6 Å². The molecule has 1 aliphatic heterocycles. The Hall–Kier alpha value is -1.60. The summed E-state index contributed by atoms with van der Waals surface area (Å²) in [6, 6.07) is 7.19. The second-order valence-corrected chi connectivity index (χ2v) is 7.32. The Balaban J connectivity index is 1.84. The summed E-state index contributed by atoms with van der Waals surface area (Å²) in [5, 5.41) is 5.73. The number of para-hydroxylation sites is 1. The molecule has 0 aromatic heterocycles. The molecule has 1 heterocycles. The number of nitrogens with one attached hydrogen (secondary N) is 2. The minimum absolute atomic E-state index is 0.0229. The van der Waals surface area contributed by atoms with Gasteiger partial charge in [0.1, 0.15) is 5.75 Å². The van der Waals surface area contributed by atoms with E-state index < -0.39 is 9.84 Å². The van der Waals surface area contributed by atoms with Crippen LogP contribution in [0.4, 0.5) is 0 Å². The van der Waals surface area contributed by atoms with Crippen LogP contribution in [0.1, 0.15) is 12.0 Å². The van der Waals surface area contributed by atoms with E-state index in [0.29, 0.717) is 18.7 Å². The fourth-order valence-electron chi connectivity index (χ4n) is 2.30. The number of amides is 1. The van der Waals surface area contributed by atoms with Crippen molar-refractivity contribution in [3.8, 4) is 5.75 Å². The van der Waals surface area contributed by atoms with Crippen molar-refractivity contribution in [3.63, 3.8) is 0 Å². The van der Waals surface area contributed by atoms with Gasteiger partial charge >= 0.3 is 0 Å². The maximum atomic E-state index is 11.8. The Morgan fingerprint density at radius 1 is 1.38 bits per heavy atom. The highest BCUT2D eigenvalue weighted by Gasteiger charge is 2.28. The van der Waals surface area contributed by atoms with Crippen molar-refractivity contribution in [2.24, 2.45) is 0 Å². The van der Waals surface area contributed by atoms with Gasteiger partial charge in [0, 0.05) is 18.2 Å². The Bertz CT molecular complexity index is 601. The molecule has 1 atom stereocenters. The quantitative estimate of drug-likeness (QED) is 0.777. The van der Waals surface area contributed by atoms with Crippen LogP contribution >= 0.6 is 0 Å². The molecule has 1 saturated heterocycles. The molecule has 1 aromatic carbocycles. The van der Waals surface area contributed by atoms with Gasteiger partial charge in [-0.2, -0.15) is 0 Å². The third-order valence-corrected chi connectivity index (χ3v) is 5.06. The van der Waals surface area contributed by atoms with Crippen LogP contribution in [0.15, 0.2) is 24.3 Å². The normalized spacial score (nSPS) is 20.1. The smallest absolute Gasteiger partial charge is 0.258 e. The summed E-state index contributed by atoms with van der Waals surface area (Å²) in [5.41, 5.74) is 0.969. The first-order valence-corrected chi connectivity index (χ1v) is 8.67. The summed E-state index contributed by atoms with van der Waals surface area (Å²) in [6.45, 7) is 0.538. The SMILES string of the molecule is CNCc1ccccc1OCC(=O)NC1CCS(=O)(=O)C1. The first-order valence-electron chi connectivity index (χ1n) is 6.85. The zero-order chi connectivity index (χ0) is 15.3. The third kappa shape index (κ3) is 4.71. The zero-order valence-electron chi connectivity index (χ0n) is 12.0. The van der Waals surface area contributed by atoms with E-state index in [9.17, 15) is 13.2 Å². The van der Waals surface area contributed by atoms with Crippen LogP contribution in [0.25, 0.3) is 0 Å². The summed E-state index contributed by atoms with van der Waals surface area (Å²) in [6.07, 6.45) is 0.477. The Morgan fingerprint density at radius 3 is 2.81 bits per heavy atom. The minimum Gasteiger partial charge on any atom is -0.483 e. The number of carbonyl (C=O) groups excluding carboxylic acids is 1. The molecule has 1 aromatic rings. The van der Waals surface area contributed by atoms with Gasteiger partial charge in [-0.05, 0) is 19.5 Å². The summed E-state index contributed by atoms with van der Waals surface area (Å²) in [4.78, 5) is 11.8. The summed E-state index contributed by atoms with van der Waals surface area (Å²) >= 11 is 0. The van der Waals surface area contributed by atoms with Crippen LogP contribution in [0.2, 0.25) is 0 Å². The molecule has 6 nitrogen and oxygen atoms in total. The first-order chi connectivity index (χ1) is 10.00. The number of sulfone groups is 1. The number of hydrogen-bond donors (Lipinski definition) is 2. The highest BCUT2D eigenvalue weighted by atomic mass is 32.2. The Morgan fingerprint density at radius 2 is 2.14 bits per heavy atom. The highest BCUT2D eigenvalue weighted by Crippen LogP contribution is 2.17. The van der Waals surface area contributed by atoms with Crippen molar-refractivity contribution in [3.05, 3.63) is 29.8 Å². The number of ether oxygens (including phenoxy) is 1.